The van der Waals surface area contributed by atoms with E-state index in [4.69, 9.17) is 11.1 Å². The van der Waals surface area contributed by atoms with Gasteiger partial charge in [-0.15, -0.1) is 0 Å². The fourth-order valence-electron chi connectivity index (χ4n) is 5.76. The molecule has 0 bridgehead atoms. The Balaban J connectivity index is 1.17. The lowest BCUT2D eigenvalue weighted by Crippen LogP contribution is -2.29. The van der Waals surface area contributed by atoms with Gasteiger partial charge in [0.1, 0.15) is 22.8 Å². The molecule has 19 nitrogen and oxygen atoms in total. The molecule has 5 rings (SSSR count). The predicted octanol–water partition coefficient (Wildman–Crippen LogP) is 3.49. The third-order valence-corrected chi connectivity index (χ3v) is 9.29. The Labute approximate surface area is 344 Å². The van der Waals surface area contributed by atoms with Crippen molar-refractivity contribution in [3.05, 3.63) is 89.3 Å². The monoisotopic (exact) mass is 908 g/mol. The van der Waals surface area contributed by atoms with E-state index in [1.54, 1.807) is 57.3 Å². The summed E-state index contributed by atoms with van der Waals surface area (Å²) >= 11 is 6.95. The van der Waals surface area contributed by atoms with Gasteiger partial charge < -0.3 is 46.4 Å². The Morgan fingerprint density at radius 3 is 1.60 bits per heavy atom. The number of carbonyl (C=O) groups is 5. The molecule has 5 amide bonds. The third-order valence-electron chi connectivity index (χ3n) is 8.58. The molecule has 57 heavy (non-hydrogen) atoms. The molecular formula is C36H42Br2N14O5. The lowest BCUT2D eigenvalue weighted by molar-refractivity contribution is 0.0942. The number of nitrogens with two attached hydrogens (primary N) is 1. The molecular weight excluding hydrogens is 868 g/mol. The number of aromatic nitrogens is 6. The molecule has 21 heteroatoms. The van der Waals surface area contributed by atoms with Gasteiger partial charge in [0.25, 0.3) is 29.5 Å². The van der Waals surface area contributed by atoms with E-state index in [-0.39, 0.29) is 59.1 Å². The summed E-state index contributed by atoms with van der Waals surface area (Å²) in [5.41, 5.74) is 8.26. The minimum Gasteiger partial charge on any atom is -0.388 e. The van der Waals surface area contributed by atoms with Gasteiger partial charge in [-0.25, -0.2) is 0 Å². The molecule has 0 aliphatic carbocycles. The van der Waals surface area contributed by atoms with E-state index in [9.17, 15) is 24.0 Å². The van der Waals surface area contributed by atoms with E-state index < -0.39 is 23.6 Å². The summed E-state index contributed by atoms with van der Waals surface area (Å²) in [6.45, 7) is 1.82. The summed E-state index contributed by atoms with van der Waals surface area (Å²) in [6.07, 6.45) is 3.36. The van der Waals surface area contributed by atoms with Gasteiger partial charge in [0.2, 0.25) is 0 Å². The number of halogens is 2. The van der Waals surface area contributed by atoms with E-state index in [2.05, 4.69) is 73.5 Å². The van der Waals surface area contributed by atoms with Crippen LogP contribution in [0, 0.1) is 5.41 Å². The molecule has 4 aromatic heterocycles. The summed E-state index contributed by atoms with van der Waals surface area (Å²) in [7, 11) is 6.39. The standard InChI is InChI=1S/C36H42Br2N14O5/c1-48-19-22(42-32(53)21-5-7-24(8-6-21)52(13-10-37)14-11-38)15-25(48)34(55)45-31-18-28(51(4)47-31)36(57)43-23-16-26(49(2)20-23)35(56)44-30-17-27(50(3)46-30)33(54)41-12-9-29(39)40/h5-8,15-20H,9-14H2,1-4H3,(H3,39,40)(H,41,54)(H,42,53)(H,43,57)(H,44,46,56)(H,45,47,55). The Kier molecular flexibility index (Phi) is 13.7. The molecule has 0 unspecified atom stereocenters. The number of carbonyl (C=O) groups excluding carboxylic acids is 5. The minimum absolute atomic E-state index is 0.0550. The first kappa shape index (κ1) is 41.9. The molecule has 1 aromatic carbocycles. The van der Waals surface area contributed by atoms with Gasteiger partial charge in [-0.2, -0.15) is 10.2 Å². The second-order valence-corrected chi connectivity index (χ2v) is 14.4. The van der Waals surface area contributed by atoms with E-state index >= 15 is 0 Å². The van der Waals surface area contributed by atoms with Gasteiger partial charge in [0.05, 0.1) is 17.2 Å². The number of benzene rings is 1. The van der Waals surface area contributed by atoms with Crippen molar-refractivity contribution in [1.82, 2.24) is 34.0 Å². The lowest BCUT2D eigenvalue weighted by Gasteiger charge is -2.23. The molecule has 0 aliphatic heterocycles. The molecule has 0 atom stereocenters. The summed E-state index contributed by atoms with van der Waals surface area (Å²) < 4.78 is 5.69. The Bertz CT molecular complexity index is 2300. The molecule has 8 N–H and O–H groups in total. The maximum Gasteiger partial charge on any atom is 0.274 e. The van der Waals surface area contributed by atoms with Crippen LogP contribution >= 0.6 is 31.9 Å². The van der Waals surface area contributed by atoms with Crippen LogP contribution in [0.1, 0.15) is 58.7 Å². The number of nitrogens with one attached hydrogen (secondary N) is 6. The molecule has 4 heterocycles. The second-order valence-electron chi connectivity index (χ2n) is 12.8. The van der Waals surface area contributed by atoms with Crippen LogP contribution in [0.4, 0.5) is 28.7 Å². The zero-order chi connectivity index (χ0) is 41.4. The van der Waals surface area contributed by atoms with Gasteiger partial charge in [0.15, 0.2) is 11.6 Å². The average molecular weight is 911 g/mol. The fraction of sp³-hybridized carbons (Fsp3) is 0.278. The minimum atomic E-state index is -0.552. The highest BCUT2D eigenvalue weighted by molar-refractivity contribution is 9.09. The van der Waals surface area contributed by atoms with E-state index in [1.807, 2.05) is 12.1 Å². The molecule has 0 fully saturated rings. The first-order valence-electron chi connectivity index (χ1n) is 17.4. The van der Waals surface area contributed by atoms with Gasteiger partial charge in [-0.1, -0.05) is 31.9 Å². The van der Waals surface area contributed by atoms with Crippen molar-refractivity contribution in [2.75, 3.05) is 56.5 Å². The highest BCUT2D eigenvalue weighted by atomic mass is 79.9. The fourth-order valence-corrected chi connectivity index (χ4v) is 6.61. The van der Waals surface area contributed by atoms with Crippen LogP contribution in [0.5, 0.6) is 0 Å². The van der Waals surface area contributed by atoms with Crippen LogP contribution in [0.25, 0.3) is 0 Å². The summed E-state index contributed by atoms with van der Waals surface area (Å²) in [6, 6.07) is 13.1. The molecule has 0 spiro atoms. The largest absolute Gasteiger partial charge is 0.388 e. The highest BCUT2D eigenvalue weighted by Crippen LogP contribution is 2.21. The first-order chi connectivity index (χ1) is 27.2. The van der Waals surface area contributed by atoms with Crippen molar-refractivity contribution in [3.8, 4) is 0 Å². The van der Waals surface area contributed by atoms with Gasteiger partial charge in [-0.05, 0) is 36.4 Å². The maximum atomic E-state index is 13.3. The number of nitrogens with zero attached hydrogens (tertiary/aromatic N) is 7. The molecule has 0 saturated carbocycles. The highest BCUT2D eigenvalue weighted by Gasteiger charge is 2.21. The maximum absolute atomic E-state index is 13.3. The number of rotatable bonds is 17. The van der Waals surface area contributed by atoms with E-state index in [0.717, 1.165) is 29.4 Å². The van der Waals surface area contributed by atoms with Gasteiger partial charge in [0, 0.05) is 101 Å². The van der Waals surface area contributed by atoms with Crippen molar-refractivity contribution in [2.45, 2.75) is 6.42 Å². The van der Waals surface area contributed by atoms with Crippen molar-refractivity contribution < 1.29 is 24.0 Å². The number of amides is 5. The Morgan fingerprint density at radius 2 is 1.12 bits per heavy atom. The number of alkyl halides is 2. The Morgan fingerprint density at radius 1 is 0.667 bits per heavy atom. The first-order valence-corrected chi connectivity index (χ1v) is 19.7. The predicted molar refractivity (Wildman–Crippen MR) is 224 cm³/mol. The van der Waals surface area contributed by atoms with Gasteiger partial charge >= 0.3 is 0 Å². The smallest absolute Gasteiger partial charge is 0.274 e. The van der Waals surface area contributed by atoms with Crippen LogP contribution in [0.2, 0.25) is 0 Å². The van der Waals surface area contributed by atoms with Crippen molar-refractivity contribution in [3.63, 3.8) is 0 Å². The molecule has 300 valence electrons. The molecule has 0 aliphatic rings. The van der Waals surface area contributed by atoms with Crippen LogP contribution in [0.3, 0.4) is 0 Å². The quantitative estimate of drug-likeness (QED) is 0.0410. The zero-order valence-corrected chi connectivity index (χ0v) is 34.7. The van der Waals surface area contributed by atoms with Crippen molar-refractivity contribution in [1.29, 1.82) is 5.41 Å². The number of amidine groups is 1. The SMILES string of the molecule is Cn1cc(NC(=O)c2cc(NC(=O)c3cc(NC(=O)c4ccc(N(CCBr)CCBr)cc4)cn3C)nn2C)cc1C(=O)Nc1cc(C(=O)NCCC(=N)N)n(C)n1. The van der Waals surface area contributed by atoms with Crippen LogP contribution in [0.15, 0.2) is 60.9 Å². The molecule has 5 aromatic rings. The van der Waals surface area contributed by atoms with E-state index in [0.29, 0.717) is 16.9 Å². The second kappa shape index (κ2) is 18.6. The molecule has 0 radical (unpaired) electrons. The van der Waals surface area contributed by atoms with E-state index in [1.165, 1.54) is 38.2 Å². The Hall–Kier alpha value is -6.22. The lowest BCUT2D eigenvalue weighted by atomic mass is 10.1. The zero-order valence-electron chi connectivity index (χ0n) is 31.5. The number of hydrogen-bond acceptors (Lipinski definition) is 9. The van der Waals surface area contributed by atoms with Crippen LogP contribution in [-0.4, -0.2) is 94.4 Å². The third kappa shape index (κ3) is 10.6. The summed E-state index contributed by atoms with van der Waals surface area (Å²) in [5, 5.41) is 30.9. The number of anilines is 5. The van der Waals surface area contributed by atoms with Gasteiger partial charge in [-0.3, -0.25) is 38.7 Å². The number of aryl methyl sites for hydroxylation is 4. The number of hydrogen-bond donors (Lipinski definition) is 7. The summed E-state index contributed by atoms with van der Waals surface area (Å²) in [5.74, 6) is -2.19. The normalized spacial score (nSPS) is 10.8. The molecule has 0 saturated heterocycles. The average Bonchev–Trinajstić information content (AvgIpc) is 3.92. The van der Waals surface area contributed by atoms with Crippen LogP contribution in [-0.2, 0) is 28.2 Å². The van der Waals surface area contributed by atoms with Crippen molar-refractivity contribution >= 4 is 95.9 Å². The summed E-state index contributed by atoms with van der Waals surface area (Å²) in [4.78, 5) is 67.4. The van der Waals surface area contributed by atoms with Crippen molar-refractivity contribution in [2.24, 2.45) is 33.9 Å². The topological polar surface area (TPSA) is 244 Å². The van der Waals surface area contributed by atoms with Crippen LogP contribution < -0.4 is 37.2 Å².